The third-order valence-corrected chi connectivity index (χ3v) is 1.64. The highest BCUT2D eigenvalue weighted by Gasteiger charge is 2.10. The van der Waals surface area contributed by atoms with Crippen LogP contribution in [0.4, 0.5) is 0 Å². The first-order valence-electron chi connectivity index (χ1n) is 3.06. The van der Waals surface area contributed by atoms with Gasteiger partial charge in [0.25, 0.3) is 0 Å². The molecule has 0 heterocycles. The summed E-state index contributed by atoms with van der Waals surface area (Å²) >= 11 is 0. The fourth-order valence-corrected chi connectivity index (χ4v) is 0.469. The van der Waals surface area contributed by atoms with Crippen molar-refractivity contribution in [3.63, 3.8) is 0 Å². The average Bonchev–Trinajstić information content (AvgIpc) is 1.64. The molecule has 0 aliphatic heterocycles. The number of ketones is 1. The van der Waals surface area contributed by atoms with Crippen LogP contribution in [0.3, 0.4) is 0 Å². The maximum absolute atomic E-state index is 10.6. The molecule has 1 atom stereocenters. The van der Waals surface area contributed by atoms with Crippen LogP contribution in [0, 0.1) is 11.8 Å². The van der Waals surface area contributed by atoms with E-state index in [1.807, 2.05) is 6.92 Å². The van der Waals surface area contributed by atoms with Crippen LogP contribution < -0.4 is 0 Å². The molecule has 0 saturated carbocycles. The van der Waals surface area contributed by atoms with Crippen LogP contribution in [0.5, 0.6) is 0 Å². The maximum Gasteiger partial charge on any atom is 0.132 e. The van der Waals surface area contributed by atoms with E-state index in [1.54, 1.807) is 6.92 Å². The predicted octanol–water partition coefficient (Wildman–Crippen LogP) is 2.50. The summed E-state index contributed by atoms with van der Waals surface area (Å²) in [5.74, 6) is 1.02. The van der Waals surface area contributed by atoms with Crippen LogP contribution in [0.2, 0.25) is 0 Å². The van der Waals surface area contributed by atoms with Crippen molar-refractivity contribution < 1.29 is 4.79 Å². The van der Waals surface area contributed by atoms with Gasteiger partial charge in [0, 0.05) is 5.92 Å². The highest BCUT2D eigenvalue weighted by Crippen LogP contribution is 2.09. The van der Waals surface area contributed by atoms with Crippen molar-refractivity contribution >= 4 is 5.78 Å². The molecule has 0 radical (unpaired) electrons. The van der Waals surface area contributed by atoms with Gasteiger partial charge in [0.1, 0.15) is 5.78 Å². The topological polar surface area (TPSA) is 17.1 Å². The Labute approximate surface area is 58.5 Å². The Morgan fingerprint density at radius 3 is 1.56 bits per heavy atom. The molecule has 0 saturated heterocycles. The van der Waals surface area contributed by atoms with Gasteiger partial charge >= 0.3 is 0 Å². The van der Waals surface area contributed by atoms with Crippen molar-refractivity contribution in [3.8, 4) is 0 Å². The van der Waals surface area contributed by atoms with Gasteiger partial charge in [-0.25, -0.2) is 0 Å². The summed E-state index contributed by atoms with van der Waals surface area (Å²) < 4.78 is 0. The molecule has 0 aromatic carbocycles. The quantitative estimate of drug-likeness (QED) is 0.561. The van der Waals surface area contributed by atoms with Gasteiger partial charge in [-0.1, -0.05) is 28.2 Å². The van der Waals surface area contributed by atoms with Crippen molar-refractivity contribution in [1.82, 2.24) is 0 Å². The zero-order chi connectivity index (χ0) is 6.73. The Bertz CT molecular complexity index is 84.6. The van der Waals surface area contributed by atoms with E-state index in [2.05, 4.69) is 13.8 Å². The van der Waals surface area contributed by atoms with E-state index in [0.717, 1.165) is 0 Å². The molecule has 1 nitrogen and oxygen atoms in total. The molecule has 9 heavy (non-hydrogen) atoms. The summed E-state index contributed by atoms with van der Waals surface area (Å²) in [5.41, 5.74) is 0. The van der Waals surface area contributed by atoms with E-state index >= 15 is 0 Å². The summed E-state index contributed by atoms with van der Waals surface area (Å²) in [4.78, 5) is 10.6. The maximum atomic E-state index is 10.6. The third kappa shape index (κ3) is 4.19. The van der Waals surface area contributed by atoms with Crippen LogP contribution in [-0.4, -0.2) is 5.78 Å². The molecule has 0 aromatic rings. The summed E-state index contributed by atoms with van der Waals surface area (Å²) in [6, 6.07) is 0. The lowest BCUT2D eigenvalue weighted by molar-refractivity contribution is -0.121. The number of carbonyl (C=O) groups excluding carboxylic acids is 1. The molecule has 0 aromatic heterocycles. The molecular formula is C8H18O. The van der Waals surface area contributed by atoms with Gasteiger partial charge in [0.05, 0.1) is 0 Å². The van der Waals surface area contributed by atoms with Crippen molar-refractivity contribution in [1.29, 1.82) is 0 Å². The monoisotopic (exact) mass is 130 g/mol. The standard InChI is InChI=1S/C7H14O.CH4/c1-5(2)6(3)7(4)8;/h5-6H,1-4H3;1H4. The lowest BCUT2D eigenvalue weighted by atomic mass is 9.95. The van der Waals surface area contributed by atoms with Gasteiger partial charge in [0.2, 0.25) is 0 Å². The number of Topliss-reactive ketones (excluding diaryl/α,β-unsaturated/α-hetero) is 1. The minimum atomic E-state index is 0. The largest absolute Gasteiger partial charge is 0.300 e. The minimum absolute atomic E-state index is 0. The second kappa shape index (κ2) is 4.54. The second-order valence-corrected chi connectivity index (χ2v) is 2.64. The molecule has 0 aliphatic carbocycles. The Morgan fingerprint density at radius 1 is 1.22 bits per heavy atom. The first-order chi connectivity index (χ1) is 3.55. The number of hydrogen-bond donors (Lipinski definition) is 0. The van der Waals surface area contributed by atoms with Crippen molar-refractivity contribution in [2.75, 3.05) is 0 Å². The first-order valence-corrected chi connectivity index (χ1v) is 3.06. The van der Waals surface area contributed by atoms with E-state index in [-0.39, 0.29) is 13.3 Å². The zero-order valence-electron chi connectivity index (χ0n) is 6.06. The molecule has 56 valence electrons. The SMILES string of the molecule is C.CC(=O)C(C)C(C)C. The third-order valence-electron chi connectivity index (χ3n) is 1.64. The van der Waals surface area contributed by atoms with Gasteiger partial charge in [-0.2, -0.15) is 0 Å². The molecule has 0 fully saturated rings. The van der Waals surface area contributed by atoms with Crippen LogP contribution in [-0.2, 0) is 4.79 Å². The van der Waals surface area contributed by atoms with Gasteiger partial charge in [0.15, 0.2) is 0 Å². The summed E-state index contributed by atoms with van der Waals surface area (Å²) in [6.07, 6.45) is 0. The van der Waals surface area contributed by atoms with Gasteiger partial charge in [-0.3, -0.25) is 4.79 Å². The van der Waals surface area contributed by atoms with E-state index in [0.29, 0.717) is 11.7 Å². The lowest BCUT2D eigenvalue weighted by Gasteiger charge is -2.09. The van der Waals surface area contributed by atoms with E-state index in [1.165, 1.54) is 0 Å². The van der Waals surface area contributed by atoms with Crippen LogP contribution >= 0.6 is 0 Å². The minimum Gasteiger partial charge on any atom is -0.300 e. The number of hydrogen-bond acceptors (Lipinski definition) is 1. The summed E-state index contributed by atoms with van der Waals surface area (Å²) in [6.45, 7) is 7.73. The van der Waals surface area contributed by atoms with E-state index in [9.17, 15) is 4.79 Å². The number of rotatable bonds is 2. The molecule has 0 rings (SSSR count). The average molecular weight is 130 g/mol. The summed E-state index contributed by atoms with van der Waals surface area (Å²) in [7, 11) is 0. The zero-order valence-corrected chi connectivity index (χ0v) is 6.06. The predicted molar refractivity (Wildman–Crippen MR) is 41.4 cm³/mol. The second-order valence-electron chi connectivity index (χ2n) is 2.64. The lowest BCUT2D eigenvalue weighted by Crippen LogP contribution is -2.12. The van der Waals surface area contributed by atoms with Crippen LogP contribution in [0.15, 0.2) is 0 Å². The van der Waals surface area contributed by atoms with Crippen molar-refractivity contribution in [3.05, 3.63) is 0 Å². The van der Waals surface area contributed by atoms with Gasteiger partial charge < -0.3 is 0 Å². The Balaban J connectivity index is 0. The molecule has 0 spiro atoms. The molecular weight excluding hydrogens is 112 g/mol. The van der Waals surface area contributed by atoms with Gasteiger partial charge in [-0.05, 0) is 12.8 Å². The molecule has 0 amide bonds. The molecule has 0 bridgehead atoms. The molecule has 1 heteroatoms. The smallest absolute Gasteiger partial charge is 0.132 e. The fraction of sp³-hybridized carbons (Fsp3) is 0.875. The highest BCUT2D eigenvalue weighted by atomic mass is 16.1. The number of carbonyl (C=O) groups is 1. The normalized spacial score (nSPS) is 12.6. The fourth-order valence-electron chi connectivity index (χ4n) is 0.469. The van der Waals surface area contributed by atoms with E-state index in [4.69, 9.17) is 0 Å². The molecule has 0 aliphatic rings. The first kappa shape index (κ1) is 11.5. The van der Waals surface area contributed by atoms with Crippen LogP contribution in [0.25, 0.3) is 0 Å². The molecule has 1 unspecified atom stereocenters. The van der Waals surface area contributed by atoms with Gasteiger partial charge in [-0.15, -0.1) is 0 Å². The Hall–Kier alpha value is -0.330. The summed E-state index contributed by atoms with van der Waals surface area (Å²) in [5, 5.41) is 0. The van der Waals surface area contributed by atoms with E-state index < -0.39 is 0 Å². The van der Waals surface area contributed by atoms with Crippen molar-refractivity contribution in [2.24, 2.45) is 11.8 Å². The Kier molecular flexibility index (Phi) is 5.78. The van der Waals surface area contributed by atoms with Crippen LogP contribution in [0.1, 0.15) is 35.1 Å². The molecule has 0 N–H and O–H groups in total. The highest BCUT2D eigenvalue weighted by molar-refractivity contribution is 5.78. The Morgan fingerprint density at radius 2 is 1.56 bits per heavy atom. The van der Waals surface area contributed by atoms with Crippen molar-refractivity contribution in [2.45, 2.75) is 35.1 Å².